The Bertz CT molecular complexity index is 1300. The normalized spacial score (nSPS) is 23.2. The van der Waals surface area contributed by atoms with Gasteiger partial charge < -0.3 is 4.90 Å². The number of hydrogen-bond donors (Lipinski definition) is 0. The van der Waals surface area contributed by atoms with E-state index in [9.17, 15) is 4.79 Å². The molecule has 6 rings (SSSR count). The minimum absolute atomic E-state index is 0.0906. The summed E-state index contributed by atoms with van der Waals surface area (Å²) in [5.74, 6) is 2.06. The number of fused-ring (bicyclic) bond motifs is 1. The van der Waals surface area contributed by atoms with E-state index >= 15 is 0 Å². The largest absolute Gasteiger partial charge is 0.303 e. The molecular formula is C34H35NO. The molecule has 0 amide bonds. The summed E-state index contributed by atoms with van der Waals surface area (Å²) in [5.41, 5.74) is 3.78. The van der Waals surface area contributed by atoms with Gasteiger partial charge in [-0.15, -0.1) is 0 Å². The zero-order valence-corrected chi connectivity index (χ0v) is 20.9. The molecule has 3 unspecified atom stereocenters. The molecule has 0 bridgehead atoms. The second-order valence-corrected chi connectivity index (χ2v) is 10.8. The van der Waals surface area contributed by atoms with Crippen LogP contribution in [0.2, 0.25) is 0 Å². The molecule has 2 heteroatoms. The van der Waals surface area contributed by atoms with Gasteiger partial charge in [-0.05, 0) is 78.4 Å². The minimum Gasteiger partial charge on any atom is -0.303 e. The lowest BCUT2D eigenvalue weighted by molar-refractivity contribution is 0.0918. The molecule has 2 nitrogen and oxygen atoms in total. The summed E-state index contributed by atoms with van der Waals surface area (Å²) in [5, 5.41) is 2.24. The number of carbonyl (C=O) groups excluding carboxylic acids is 1. The van der Waals surface area contributed by atoms with Gasteiger partial charge >= 0.3 is 0 Å². The molecule has 0 spiro atoms. The molecule has 3 atom stereocenters. The predicted molar refractivity (Wildman–Crippen MR) is 149 cm³/mol. The number of piperidine rings is 1. The third kappa shape index (κ3) is 4.75. The van der Waals surface area contributed by atoms with Crippen LogP contribution in [0.25, 0.3) is 10.8 Å². The van der Waals surface area contributed by atoms with Crippen molar-refractivity contribution >= 4 is 16.6 Å². The minimum atomic E-state index is 0.0906. The van der Waals surface area contributed by atoms with Crippen LogP contribution in [-0.4, -0.2) is 30.3 Å². The van der Waals surface area contributed by atoms with Gasteiger partial charge in [0.2, 0.25) is 0 Å². The SMILES string of the molecule is O=C(c1cccc2ccccc12)C1CC(CN2CCC(c3ccccc3)CC2)C(c2ccccc2)C1. The van der Waals surface area contributed by atoms with E-state index in [0.29, 0.717) is 23.5 Å². The van der Waals surface area contributed by atoms with Crippen LogP contribution in [0, 0.1) is 11.8 Å². The van der Waals surface area contributed by atoms with Gasteiger partial charge in [0.15, 0.2) is 5.78 Å². The molecule has 4 aromatic carbocycles. The van der Waals surface area contributed by atoms with E-state index in [1.807, 2.05) is 18.2 Å². The maximum atomic E-state index is 13.9. The monoisotopic (exact) mass is 473 g/mol. The first-order valence-electron chi connectivity index (χ1n) is 13.6. The molecular weight excluding hydrogens is 438 g/mol. The topological polar surface area (TPSA) is 20.3 Å². The van der Waals surface area contributed by atoms with E-state index in [1.54, 1.807) is 0 Å². The van der Waals surface area contributed by atoms with Crippen LogP contribution in [0.15, 0.2) is 103 Å². The van der Waals surface area contributed by atoms with E-state index in [4.69, 9.17) is 0 Å². The summed E-state index contributed by atoms with van der Waals surface area (Å²) in [4.78, 5) is 16.5. The van der Waals surface area contributed by atoms with Crippen molar-refractivity contribution in [2.45, 2.75) is 37.5 Å². The van der Waals surface area contributed by atoms with Gasteiger partial charge in [-0.2, -0.15) is 0 Å². The predicted octanol–water partition coefficient (Wildman–Crippen LogP) is 7.71. The highest BCUT2D eigenvalue weighted by atomic mass is 16.1. The third-order valence-corrected chi connectivity index (χ3v) is 8.70. The molecule has 182 valence electrons. The molecule has 0 aromatic heterocycles. The van der Waals surface area contributed by atoms with Crippen molar-refractivity contribution in [2.75, 3.05) is 19.6 Å². The van der Waals surface area contributed by atoms with Crippen LogP contribution >= 0.6 is 0 Å². The molecule has 0 radical (unpaired) electrons. The molecule has 0 N–H and O–H groups in total. The van der Waals surface area contributed by atoms with Gasteiger partial charge in [0.05, 0.1) is 0 Å². The molecule has 2 aliphatic rings. The lowest BCUT2D eigenvalue weighted by Crippen LogP contribution is -2.37. The van der Waals surface area contributed by atoms with E-state index < -0.39 is 0 Å². The maximum Gasteiger partial charge on any atom is 0.166 e. The second-order valence-electron chi connectivity index (χ2n) is 10.8. The Morgan fingerprint density at radius 1 is 0.694 bits per heavy atom. The summed E-state index contributed by atoms with van der Waals surface area (Å²) in [6.07, 6.45) is 4.40. The van der Waals surface area contributed by atoms with Gasteiger partial charge in [-0.25, -0.2) is 0 Å². The van der Waals surface area contributed by atoms with Crippen molar-refractivity contribution in [1.29, 1.82) is 0 Å². The van der Waals surface area contributed by atoms with E-state index in [2.05, 4.69) is 89.8 Å². The molecule has 1 saturated carbocycles. The Morgan fingerprint density at radius 2 is 1.33 bits per heavy atom. The number of ketones is 1. The zero-order chi connectivity index (χ0) is 24.3. The summed E-state index contributed by atoms with van der Waals surface area (Å²) in [6.45, 7) is 3.40. The van der Waals surface area contributed by atoms with Crippen LogP contribution in [-0.2, 0) is 0 Å². The zero-order valence-electron chi connectivity index (χ0n) is 20.9. The first-order chi connectivity index (χ1) is 17.8. The average Bonchev–Trinajstić information content (AvgIpc) is 3.37. The van der Waals surface area contributed by atoms with Crippen LogP contribution in [0.4, 0.5) is 0 Å². The second kappa shape index (κ2) is 10.4. The van der Waals surface area contributed by atoms with Crippen molar-refractivity contribution in [3.05, 3.63) is 120 Å². The maximum absolute atomic E-state index is 13.9. The Kier molecular flexibility index (Phi) is 6.70. The number of benzene rings is 4. The number of hydrogen-bond acceptors (Lipinski definition) is 2. The van der Waals surface area contributed by atoms with Crippen molar-refractivity contribution in [3.63, 3.8) is 0 Å². The van der Waals surface area contributed by atoms with E-state index in [-0.39, 0.29) is 5.92 Å². The highest BCUT2D eigenvalue weighted by Crippen LogP contribution is 2.45. The van der Waals surface area contributed by atoms with E-state index in [0.717, 1.165) is 48.8 Å². The molecule has 1 aliphatic heterocycles. The Hall–Kier alpha value is -3.23. The van der Waals surface area contributed by atoms with Crippen LogP contribution in [0.3, 0.4) is 0 Å². The number of nitrogens with zero attached hydrogens (tertiary/aromatic N) is 1. The standard InChI is InChI=1S/C34H35NO/c36-34(32-17-9-15-27-14-7-8-16-31(27)32)29-22-30(33(23-29)28-12-5-2-6-13-28)24-35-20-18-26(19-21-35)25-10-3-1-4-11-25/h1-17,26,29-30,33H,18-24H2. The fourth-order valence-corrected chi connectivity index (χ4v) is 6.82. The van der Waals surface area contributed by atoms with Gasteiger partial charge in [0, 0.05) is 18.0 Å². The molecule has 36 heavy (non-hydrogen) atoms. The van der Waals surface area contributed by atoms with Gasteiger partial charge in [-0.1, -0.05) is 103 Å². The highest BCUT2D eigenvalue weighted by Gasteiger charge is 2.40. The van der Waals surface area contributed by atoms with Gasteiger partial charge in [0.25, 0.3) is 0 Å². The summed E-state index contributed by atoms with van der Waals surface area (Å²) in [7, 11) is 0. The molecule has 4 aromatic rings. The quantitative estimate of drug-likeness (QED) is 0.267. The third-order valence-electron chi connectivity index (χ3n) is 8.70. The Balaban J connectivity index is 1.19. The molecule has 1 heterocycles. The lowest BCUT2D eigenvalue weighted by Gasteiger charge is -2.35. The molecule has 1 saturated heterocycles. The average molecular weight is 474 g/mol. The lowest BCUT2D eigenvalue weighted by atomic mass is 9.86. The highest BCUT2D eigenvalue weighted by molar-refractivity contribution is 6.09. The van der Waals surface area contributed by atoms with E-state index in [1.165, 1.54) is 24.0 Å². The summed E-state index contributed by atoms with van der Waals surface area (Å²) >= 11 is 0. The fraction of sp³-hybridized carbons (Fsp3) is 0.324. The Labute approximate surface area is 215 Å². The number of Topliss-reactive ketones (excluding diaryl/α,β-unsaturated/α-hetero) is 1. The number of carbonyl (C=O) groups is 1. The van der Waals surface area contributed by atoms with Crippen molar-refractivity contribution in [2.24, 2.45) is 11.8 Å². The van der Waals surface area contributed by atoms with Crippen LogP contribution in [0.1, 0.15) is 59.0 Å². The van der Waals surface area contributed by atoms with Gasteiger partial charge in [-0.3, -0.25) is 4.79 Å². The molecule has 2 fully saturated rings. The summed E-state index contributed by atoms with van der Waals surface area (Å²) < 4.78 is 0. The number of likely N-dealkylation sites (tertiary alicyclic amines) is 1. The van der Waals surface area contributed by atoms with Gasteiger partial charge in [0.1, 0.15) is 0 Å². The first kappa shape index (κ1) is 23.2. The molecule has 1 aliphatic carbocycles. The van der Waals surface area contributed by atoms with Crippen molar-refractivity contribution in [3.8, 4) is 0 Å². The van der Waals surface area contributed by atoms with Crippen molar-refractivity contribution in [1.82, 2.24) is 4.90 Å². The Morgan fingerprint density at radius 3 is 2.08 bits per heavy atom. The number of rotatable bonds is 6. The smallest absolute Gasteiger partial charge is 0.166 e. The fourth-order valence-electron chi connectivity index (χ4n) is 6.82. The van der Waals surface area contributed by atoms with Crippen molar-refractivity contribution < 1.29 is 4.79 Å². The first-order valence-corrected chi connectivity index (χ1v) is 13.6. The van der Waals surface area contributed by atoms with Crippen LogP contribution in [0.5, 0.6) is 0 Å². The van der Waals surface area contributed by atoms with Crippen LogP contribution < -0.4 is 0 Å². The summed E-state index contributed by atoms with van der Waals surface area (Å²) in [6, 6.07) is 36.4.